The molecule has 0 heterocycles. The van der Waals surface area contributed by atoms with Crippen LogP contribution in [-0.4, -0.2) is 6.36 Å². The largest absolute Gasteiger partial charge is 0.573 e. The third-order valence-electron chi connectivity index (χ3n) is 3.00. The molecule has 0 aromatic heterocycles. The monoisotopic (exact) mass is 345 g/mol. The van der Waals surface area contributed by atoms with E-state index < -0.39 is 23.9 Å². The summed E-state index contributed by atoms with van der Waals surface area (Å²) in [6.45, 7) is 0. The molecule has 0 fully saturated rings. The molecule has 0 spiro atoms. The molecular formula is C16H9F6NO. The van der Waals surface area contributed by atoms with Crippen LogP contribution >= 0.6 is 0 Å². The van der Waals surface area contributed by atoms with Gasteiger partial charge in [0.2, 0.25) is 0 Å². The highest BCUT2D eigenvalue weighted by molar-refractivity contribution is 5.67. The fraction of sp³-hybridized carbons (Fsp3) is 0.188. The van der Waals surface area contributed by atoms with Gasteiger partial charge in [-0.3, -0.25) is 0 Å². The van der Waals surface area contributed by atoms with Crippen LogP contribution in [0.1, 0.15) is 11.1 Å². The lowest BCUT2D eigenvalue weighted by molar-refractivity contribution is -0.274. The van der Waals surface area contributed by atoms with Gasteiger partial charge in [0.25, 0.3) is 0 Å². The van der Waals surface area contributed by atoms with E-state index in [1.54, 1.807) is 6.07 Å². The van der Waals surface area contributed by atoms with Gasteiger partial charge >= 0.3 is 12.5 Å². The first-order chi connectivity index (χ1) is 11.1. The third kappa shape index (κ3) is 4.65. The summed E-state index contributed by atoms with van der Waals surface area (Å²) in [6, 6.07) is 9.34. The predicted octanol–water partition coefficient (Wildman–Crippen LogP) is 5.34. The first-order valence-corrected chi connectivity index (χ1v) is 6.53. The van der Waals surface area contributed by atoms with Gasteiger partial charge in [-0.15, -0.1) is 13.2 Å². The molecule has 8 heteroatoms. The Morgan fingerprint density at radius 1 is 0.917 bits per heavy atom. The van der Waals surface area contributed by atoms with Crippen LogP contribution in [0, 0.1) is 11.3 Å². The normalized spacial score (nSPS) is 11.9. The molecule has 0 atom stereocenters. The molecule has 0 saturated carbocycles. The molecule has 0 N–H and O–H groups in total. The van der Waals surface area contributed by atoms with Gasteiger partial charge in [-0.2, -0.15) is 18.4 Å². The number of hydrogen-bond acceptors (Lipinski definition) is 2. The van der Waals surface area contributed by atoms with Crippen molar-refractivity contribution in [2.24, 2.45) is 0 Å². The minimum Gasteiger partial charge on any atom is -0.406 e. The zero-order chi connectivity index (χ0) is 18.0. The second kappa shape index (κ2) is 6.43. The van der Waals surface area contributed by atoms with Gasteiger partial charge in [-0.1, -0.05) is 18.2 Å². The number of hydrogen-bond donors (Lipinski definition) is 0. The van der Waals surface area contributed by atoms with Gasteiger partial charge in [-0.05, 0) is 41.0 Å². The molecule has 126 valence electrons. The fourth-order valence-corrected chi connectivity index (χ4v) is 2.09. The van der Waals surface area contributed by atoms with E-state index >= 15 is 0 Å². The van der Waals surface area contributed by atoms with Gasteiger partial charge in [-0.25, -0.2) is 0 Å². The number of ether oxygens (including phenoxy) is 1. The lowest BCUT2D eigenvalue weighted by Crippen LogP contribution is -2.17. The second-order valence-electron chi connectivity index (χ2n) is 4.83. The van der Waals surface area contributed by atoms with Crippen molar-refractivity contribution in [3.8, 4) is 22.9 Å². The van der Waals surface area contributed by atoms with Crippen molar-refractivity contribution >= 4 is 0 Å². The molecule has 0 radical (unpaired) electrons. The standard InChI is InChI=1S/C16H9F6NO/c17-15(18,19)13-7-10(4-5-23)6-12(8-13)11-2-1-3-14(9-11)24-16(20,21)22/h1-3,6-9H,4H2. The van der Waals surface area contributed by atoms with Crippen molar-refractivity contribution in [2.75, 3.05) is 0 Å². The average molecular weight is 345 g/mol. The lowest BCUT2D eigenvalue weighted by Gasteiger charge is -2.13. The molecule has 0 aliphatic heterocycles. The van der Waals surface area contributed by atoms with E-state index in [0.29, 0.717) is 0 Å². The Balaban J connectivity index is 2.50. The molecule has 2 aromatic rings. The summed E-state index contributed by atoms with van der Waals surface area (Å²) in [6.07, 6.45) is -9.80. The Morgan fingerprint density at radius 3 is 2.21 bits per heavy atom. The van der Waals surface area contributed by atoms with Crippen LogP contribution in [0.5, 0.6) is 5.75 Å². The lowest BCUT2D eigenvalue weighted by atomic mass is 9.98. The number of halogens is 6. The van der Waals surface area contributed by atoms with Crippen molar-refractivity contribution < 1.29 is 31.1 Å². The SMILES string of the molecule is N#CCc1cc(-c2cccc(OC(F)(F)F)c2)cc(C(F)(F)F)c1. The molecule has 2 nitrogen and oxygen atoms in total. The number of benzene rings is 2. The Labute approximate surface area is 132 Å². The molecule has 2 aromatic carbocycles. The van der Waals surface area contributed by atoms with Gasteiger partial charge in [0, 0.05) is 0 Å². The minimum atomic E-state index is -4.90. The highest BCUT2D eigenvalue weighted by Crippen LogP contribution is 2.35. The first-order valence-electron chi connectivity index (χ1n) is 6.53. The number of alkyl halides is 6. The van der Waals surface area contributed by atoms with Crippen LogP contribution in [0.4, 0.5) is 26.3 Å². The second-order valence-corrected chi connectivity index (χ2v) is 4.83. The minimum absolute atomic E-state index is 0.0442. The van der Waals surface area contributed by atoms with Gasteiger partial charge in [0.15, 0.2) is 0 Å². The molecular weight excluding hydrogens is 336 g/mol. The molecule has 2 rings (SSSR count). The van der Waals surface area contributed by atoms with Crippen LogP contribution in [0.3, 0.4) is 0 Å². The van der Waals surface area contributed by atoms with Crippen LogP contribution in [0.25, 0.3) is 11.1 Å². The Bertz CT molecular complexity index is 773. The van der Waals surface area contributed by atoms with Crippen LogP contribution in [0.2, 0.25) is 0 Å². The Hall–Kier alpha value is -2.69. The maximum absolute atomic E-state index is 12.9. The number of nitrogens with zero attached hydrogens (tertiary/aromatic N) is 1. The van der Waals surface area contributed by atoms with Crippen molar-refractivity contribution in [2.45, 2.75) is 19.0 Å². The predicted molar refractivity (Wildman–Crippen MR) is 72.9 cm³/mol. The first kappa shape index (κ1) is 17.7. The van der Waals surface area contributed by atoms with Crippen molar-refractivity contribution in [1.82, 2.24) is 0 Å². The summed E-state index contributed by atoms with van der Waals surface area (Å²) in [7, 11) is 0. The van der Waals surface area contributed by atoms with Crippen LogP contribution < -0.4 is 4.74 Å². The van der Waals surface area contributed by atoms with Crippen molar-refractivity contribution in [3.05, 3.63) is 53.6 Å². The van der Waals surface area contributed by atoms with Gasteiger partial charge in [0.05, 0.1) is 18.1 Å². The van der Waals surface area contributed by atoms with Crippen LogP contribution in [-0.2, 0) is 12.6 Å². The highest BCUT2D eigenvalue weighted by atomic mass is 19.4. The van der Waals surface area contributed by atoms with E-state index in [-0.39, 0.29) is 23.1 Å². The van der Waals surface area contributed by atoms with E-state index in [2.05, 4.69) is 4.74 Å². The molecule has 24 heavy (non-hydrogen) atoms. The van der Waals surface area contributed by atoms with Crippen LogP contribution in [0.15, 0.2) is 42.5 Å². The Morgan fingerprint density at radius 2 is 1.62 bits per heavy atom. The molecule has 0 bridgehead atoms. The van der Waals surface area contributed by atoms with Crippen molar-refractivity contribution in [3.63, 3.8) is 0 Å². The third-order valence-corrected chi connectivity index (χ3v) is 3.00. The quantitative estimate of drug-likeness (QED) is 0.704. The molecule has 0 unspecified atom stereocenters. The maximum atomic E-state index is 12.9. The topological polar surface area (TPSA) is 33.0 Å². The zero-order valence-corrected chi connectivity index (χ0v) is 11.9. The summed E-state index contributed by atoms with van der Waals surface area (Å²) in [5, 5.41) is 8.67. The summed E-state index contributed by atoms with van der Waals surface area (Å²) < 4.78 is 79.4. The maximum Gasteiger partial charge on any atom is 0.573 e. The summed E-state index contributed by atoms with van der Waals surface area (Å²) >= 11 is 0. The summed E-state index contributed by atoms with van der Waals surface area (Å²) in [5.74, 6) is -0.542. The summed E-state index contributed by atoms with van der Waals surface area (Å²) in [5.41, 5.74) is -0.707. The van der Waals surface area contributed by atoms with Gasteiger partial charge < -0.3 is 4.74 Å². The van der Waals surface area contributed by atoms with E-state index in [9.17, 15) is 26.3 Å². The zero-order valence-electron chi connectivity index (χ0n) is 11.9. The molecule has 0 amide bonds. The van der Waals surface area contributed by atoms with Gasteiger partial charge in [0.1, 0.15) is 5.75 Å². The molecule has 0 aliphatic carbocycles. The highest BCUT2D eigenvalue weighted by Gasteiger charge is 2.32. The number of nitriles is 1. The molecule has 0 aliphatic rings. The molecule has 0 saturated heterocycles. The van der Waals surface area contributed by atoms with Crippen molar-refractivity contribution in [1.29, 1.82) is 5.26 Å². The number of rotatable bonds is 3. The smallest absolute Gasteiger partial charge is 0.406 e. The van der Waals surface area contributed by atoms with E-state index in [1.165, 1.54) is 18.2 Å². The fourth-order valence-electron chi connectivity index (χ4n) is 2.09. The van der Waals surface area contributed by atoms with E-state index in [0.717, 1.165) is 24.3 Å². The summed E-state index contributed by atoms with van der Waals surface area (Å²) in [4.78, 5) is 0. The Kier molecular flexibility index (Phi) is 4.73. The van der Waals surface area contributed by atoms with E-state index in [4.69, 9.17) is 5.26 Å². The van der Waals surface area contributed by atoms with E-state index in [1.807, 2.05) is 0 Å². The average Bonchev–Trinajstić information content (AvgIpc) is 2.45.